The molecule has 1 aromatic heterocycles. The van der Waals surface area contributed by atoms with Crippen molar-refractivity contribution >= 4 is 28.4 Å². The Morgan fingerprint density at radius 2 is 1.84 bits per heavy atom. The standard InChI is InChI=1S/C24H25FN4O2/c1-16-13-21(20-8-7-17(25)14-22(20)26-16)24(31)28-19-9-11-29(12-10-19)15-23(30)27-18-5-3-2-4-6-18/h2-8,13-14,19H,9-12,15H2,1H3,(H,27,30)(H,28,31). The number of nitrogens with one attached hydrogen (secondary N) is 2. The Morgan fingerprint density at radius 1 is 1.10 bits per heavy atom. The fourth-order valence-corrected chi connectivity index (χ4v) is 3.95. The zero-order valence-electron chi connectivity index (χ0n) is 17.4. The first-order valence-electron chi connectivity index (χ1n) is 10.4. The quantitative estimate of drug-likeness (QED) is 0.662. The lowest BCUT2D eigenvalue weighted by Crippen LogP contribution is -2.46. The van der Waals surface area contributed by atoms with Crippen LogP contribution in [0.3, 0.4) is 0 Å². The van der Waals surface area contributed by atoms with Crippen LogP contribution in [0.5, 0.6) is 0 Å². The molecule has 0 unspecified atom stereocenters. The first kappa shape index (κ1) is 20.9. The van der Waals surface area contributed by atoms with Gasteiger partial charge in [0.1, 0.15) is 5.82 Å². The highest BCUT2D eigenvalue weighted by atomic mass is 19.1. The Bertz CT molecular complexity index is 1090. The Balaban J connectivity index is 1.32. The minimum absolute atomic E-state index is 0.0323. The molecule has 2 N–H and O–H groups in total. The third-order valence-corrected chi connectivity index (χ3v) is 5.49. The van der Waals surface area contributed by atoms with E-state index in [9.17, 15) is 14.0 Å². The number of piperidine rings is 1. The molecule has 1 aliphatic heterocycles. The minimum Gasteiger partial charge on any atom is -0.349 e. The van der Waals surface area contributed by atoms with E-state index >= 15 is 0 Å². The van der Waals surface area contributed by atoms with Crippen molar-refractivity contribution in [1.29, 1.82) is 0 Å². The van der Waals surface area contributed by atoms with Crippen LogP contribution in [0.2, 0.25) is 0 Å². The molecule has 31 heavy (non-hydrogen) atoms. The van der Waals surface area contributed by atoms with Crippen molar-refractivity contribution in [1.82, 2.24) is 15.2 Å². The fraction of sp³-hybridized carbons (Fsp3) is 0.292. The maximum Gasteiger partial charge on any atom is 0.252 e. The van der Waals surface area contributed by atoms with Gasteiger partial charge in [-0.05, 0) is 50.1 Å². The monoisotopic (exact) mass is 420 g/mol. The van der Waals surface area contributed by atoms with Crippen LogP contribution in [0.1, 0.15) is 28.9 Å². The first-order valence-corrected chi connectivity index (χ1v) is 10.4. The van der Waals surface area contributed by atoms with E-state index in [-0.39, 0.29) is 23.7 Å². The summed E-state index contributed by atoms with van der Waals surface area (Å²) < 4.78 is 13.5. The molecule has 0 spiro atoms. The topological polar surface area (TPSA) is 74.3 Å². The van der Waals surface area contributed by atoms with Crippen molar-refractivity contribution < 1.29 is 14.0 Å². The van der Waals surface area contributed by atoms with Gasteiger partial charge in [0.05, 0.1) is 17.6 Å². The lowest BCUT2D eigenvalue weighted by atomic mass is 10.0. The van der Waals surface area contributed by atoms with Gasteiger partial charge in [-0.2, -0.15) is 0 Å². The summed E-state index contributed by atoms with van der Waals surface area (Å²) in [5.74, 6) is -0.595. The molecular weight excluding hydrogens is 395 g/mol. The second-order valence-electron chi connectivity index (χ2n) is 7.91. The largest absolute Gasteiger partial charge is 0.349 e. The third kappa shape index (κ3) is 5.24. The van der Waals surface area contributed by atoms with E-state index in [1.807, 2.05) is 30.3 Å². The number of carbonyl (C=O) groups is 2. The number of carbonyl (C=O) groups excluding carboxylic acids is 2. The van der Waals surface area contributed by atoms with Gasteiger partial charge in [0.2, 0.25) is 5.91 Å². The van der Waals surface area contributed by atoms with Crippen LogP contribution in [-0.2, 0) is 4.79 Å². The first-order chi connectivity index (χ1) is 15.0. The molecule has 160 valence electrons. The van der Waals surface area contributed by atoms with Gasteiger partial charge in [0.25, 0.3) is 5.91 Å². The van der Waals surface area contributed by atoms with Crippen molar-refractivity contribution in [3.8, 4) is 0 Å². The van der Waals surface area contributed by atoms with Crippen molar-refractivity contribution in [2.45, 2.75) is 25.8 Å². The lowest BCUT2D eigenvalue weighted by molar-refractivity contribution is -0.117. The van der Waals surface area contributed by atoms with Gasteiger partial charge in [0.15, 0.2) is 0 Å². The Hall–Kier alpha value is -3.32. The number of para-hydroxylation sites is 1. The average molecular weight is 420 g/mol. The van der Waals surface area contributed by atoms with Crippen LogP contribution in [0.4, 0.5) is 10.1 Å². The average Bonchev–Trinajstić information content (AvgIpc) is 2.75. The van der Waals surface area contributed by atoms with E-state index in [1.165, 1.54) is 12.1 Å². The number of rotatable bonds is 5. The summed E-state index contributed by atoms with van der Waals surface area (Å²) in [7, 11) is 0. The number of pyridine rings is 1. The highest BCUT2D eigenvalue weighted by molar-refractivity contribution is 6.06. The van der Waals surface area contributed by atoms with Crippen molar-refractivity contribution in [3.05, 3.63) is 71.7 Å². The maximum absolute atomic E-state index is 13.5. The summed E-state index contributed by atoms with van der Waals surface area (Å²) in [5, 5.41) is 6.63. The molecule has 3 aromatic rings. The van der Waals surface area contributed by atoms with Gasteiger partial charge in [-0.3, -0.25) is 19.5 Å². The van der Waals surface area contributed by atoms with Gasteiger partial charge >= 0.3 is 0 Å². The number of aromatic nitrogens is 1. The fourth-order valence-electron chi connectivity index (χ4n) is 3.95. The molecule has 2 heterocycles. The van der Waals surface area contributed by atoms with E-state index in [2.05, 4.69) is 20.5 Å². The number of aryl methyl sites for hydroxylation is 1. The van der Waals surface area contributed by atoms with Crippen LogP contribution in [0.25, 0.3) is 10.9 Å². The van der Waals surface area contributed by atoms with E-state index < -0.39 is 0 Å². The number of anilines is 1. The molecule has 1 fully saturated rings. The van der Waals surface area contributed by atoms with E-state index in [1.54, 1.807) is 19.1 Å². The van der Waals surface area contributed by atoms with E-state index in [0.29, 0.717) is 28.7 Å². The van der Waals surface area contributed by atoms with Gasteiger partial charge in [-0.25, -0.2) is 4.39 Å². The highest BCUT2D eigenvalue weighted by Crippen LogP contribution is 2.20. The van der Waals surface area contributed by atoms with Gasteiger partial charge < -0.3 is 10.6 Å². The molecule has 0 atom stereocenters. The van der Waals surface area contributed by atoms with Crippen molar-refractivity contribution in [2.24, 2.45) is 0 Å². The molecule has 0 saturated carbocycles. The van der Waals surface area contributed by atoms with Crippen LogP contribution >= 0.6 is 0 Å². The minimum atomic E-state index is -0.374. The summed E-state index contributed by atoms with van der Waals surface area (Å²) in [5.41, 5.74) is 2.44. The normalized spacial score (nSPS) is 15.0. The van der Waals surface area contributed by atoms with Gasteiger partial charge in [0, 0.05) is 42.0 Å². The molecule has 6 nitrogen and oxygen atoms in total. The van der Waals surface area contributed by atoms with Gasteiger partial charge in [-0.1, -0.05) is 18.2 Å². The number of hydrogen-bond donors (Lipinski definition) is 2. The molecular formula is C24H25FN4O2. The Kier molecular flexibility index (Phi) is 6.23. The third-order valence-electron chi connectivity index (χ3n) is 5.49. The van der Waals surface area contributed by atoms with Gasteiger partial charge in [-0.15, -0.1) is 0 Å². The second kappa shape index (κ2) is 9.22. The number of benzene rings is 2. The zero-order chi connectivity index (χ0) is 21.8. The summed E-state index contributed by atoms with van der Waals surface area (Å²) >= 11 is 0. The molecule has 2 aromatic carbocycles. The summed E-state index contributed by atoms with van der Waals surface area (Å²) in [6.07, 6.45) is 1.53. The number of nitrogens with zero attached hydrogens (tertiary/aromatic N) is 2. The molecule has 7 heteroatoms. The number of likely N-dealkylation sites (tertiary alicyclic amines) is 1. The van der Waals surface area contributed by atoms with E-state index in [0.717, 1.165) is 31.6 Å². The zero-order valence-corrected chi connectivity index (χ0v) is 17.4. The highest BCUT2D eigenvalue weighted by Gasteiger charge is 2.23. The molecule has 4 rings (SSSR count). The van der Waals surface area contributed by atoms with Crippen molar-refractivity contribution in [3.63, 3.8) is 0 Å². The number of halogens is 1. The Morgan fingerprint density at radius 3 is 2.58 bits per heavy atom. The summed E-state index contributed by atoms with van der Waals surface area (Å²) in [4.78, 5) is 31.6. The summed E-state index contributed by atoms with van der Waals surface area (Å²) in [6, 6.07) is 15.4. The molecule has 2 amide bonds. The lowest BCUT2D eigenvalue weighted by Gasteiger charge is -2.32. The van der Waals surface area contributed by atoms with Crippen LogP contribution in [0, 0.1) is 12.7 Å². The van der Waals surface area contributed by atoms with Crippen molar-refractivity contribution in [2.75, 3.05) is 25.0 Å². The molecule has 0 bridgehead atoms. The second-order valence-corrected chi connectivity index (χ2v) is 7.91. The summed E-state index contributed by atoms with van der Waals surface area (Å²) in [6.45, 7) is 3.58. The number of fused-ring (bicyclic) bond motifs is 1. The van der Waals surface area contributed by atoms with Crippen LogP contribution in [-0.4, -0.2) is 47.4 Å². The van der Waals surface area contributed by atoms with E-state index in [4.69, 9.17) is 0 Å². The molecule has 1 aliphatic rings. The van der Waals surface area contributed by atoms with Crippen LogP contribution in [0.15, 0.2) is 54.6 Å². The number of amides is 2. The van der Waals surface area contributed by atoms with Crippen LogP contribution < -0.4 is 10.6 Å². The number of hydrogen-bond acceptors (Lipinski definition) is 4. The molecule has 0 aliphatic carbocycles. The SMILES string of the molecule is Cc1cc(C(=O)NC2CCN(CC(=O)Nc3ccccc3)CC2)c2ccc(F)cc2n1. The molecule has 1 saturated heterocycles. The predicted molar refractivity (Wildman–Crippen MR) is 118 cm³/mol. The maximum atomic E-state index is 13.5. The smallest absolute Gasteiger partial charge is 0.252 e. The predicted octanol–water partition coefficient (Wildman–Crippen LogP) is 3.52. The molecule has 0 radical (unpaired) electrons. The Labute approximate surface area is 180 Å².